The van der Waals surface area contributed by atoms with E-state index in [-0.39, 0.29) is 29.6 Å². The van der Waals surface area contributed by atoms with Crippen LogP contribution >= 0.6 is 7.26 Å². The van der Waals surface area contributed by atoms with Crippen molar-refractivity contribution in [1.82, 2.24) is 0 Å². The summed E-state index contributed by atoms with van der Waals surface area (Å²) in [5, 5.41) is 5.29. The first-order valence-electron chi connectivity index (χ1n) is 11.2. The van der Waals surface area contributed by atoms with Gasteiger partial charge in [-0.2, -0.15) is 0 Å². The molecule has 3 nitrogen and oxygen atoms in total. The van der Waals surface area contributed by atoms with Crippen LogP contribution in [0.5, 0.6) is 0 Å². The van der Waals surface area contributed by atoms with E-state index in [2.05, 4.69) is 91.0 Å². The minimum absolute atomic E-state index is 0. The topological polar surface area (TPSA) is 35.5 Å². The summed E-state index contributed by atoms with van der Waals surface area (Å²) < 4.78 is 11.1. The van der Waals surface area contributed by atoms with Crippen molar-refractivity contribution in [2.24, 2.45) is 0 Å². The monoisotopic (exact) mass is 524 g/mol. The molecule has 1 aliphatic carbocycles. The number of ether oxygens (including phenoxy) is 2. The Bertz CT molecular complexity index is 956. The second-order valence-corrected chi connectivity index (χ2v) is 11.4. The fourth-order valence-electron chi connectivity index (χ4n) is 4.62. The van der Waals surface area contributed by atoms with Gasteiger partial charge in [-0.05, 0) is 49.2 Å². The van der Waals surface area contributed by atoms with Gasteiger partial charge < -0.3 is 26.5 Å². The molecule has 0 atom stereocenters. The SMILES string of the molecule is COC(=O)COC1=C([P+](c2ccccc2)(c2ccccc2)c2ccccc2)CCCCC1.[Br-]. The Labute approximate surface area is 207 Å². The third-order valence-corrected chi connectivity index (χ3v) is 10.6. The molecular weight excluding hydrogens is 495 g/mol. The number of halogens is 1. The van der Waals surface area contributed by atoms with Gasteiger partial charge in [0.05, 0.1) is 7.11 Å². The van der Waals surface area contributed by atoms with Crippen molar-refractivity contribution < 1.29 is 31.2 Å². The number of methoxy groups -OCH3 is 1. The zero-order chi connectivity index (χ0) is 22.2. The molecule has 5 heteroatoms. The van der Waals surface area contributed by atoms with Crippen LogP contribution in [0.15, 0.2) is 102 Å². The molecule has 3 aromatic carbocycles. The zero-order valence-corrected chi connectivity index (χ0v) is 21.4. The summed E-state index contributed by atoms with van der Waals surface area (Å²) in [7, 11) is -0.772. The van der Waals surface area contributed by atoms with E-state index in [1.165, 1.54) is 28.3 Å². The van der Waals surface area contributed by atoms with Crippen molar-refractivity contribution >= 4 is 29.1 Å². The van der Waals surface area contributed by atoms with Crippen molar-refractivity contribution in [3.63, 3.8) is 0 Å². The second-order valence-electron chi connectivity index (χ2n) is 7.97. The molecule has 0 heterocycles. The fraction of sp³-hybridized carbons (Fsp3) is 0.250. The Kier molecular flexibility index (Phi) is 9.29. The lowest BCUT2D eigenvalue weighted by atomic mass is 10.2. The molecule has 172 valence electrons. The average Bonchev–Trinajstić information content (AvgIpc) is 3.11. The Balaban J connectivity index is 0.00000306. The molecular formula is C28H30BrO3P. The zero-order valence-electron chi connectivity index (χ0n) is 19.0. The third kappa shape index (κ3) is 5.39. The van der Waals surface area contributed by atoms with Crippen LogP contribution in [0, 0.1) is 0 Å². The van der Waals surface area contributed by atoms with Crippen LogP contribution in [0.2, 0.25) is 0 Å². The number of rotatable bonds is 7. The van der Waals surface area contributed by atoms with Gasteiger partial charge in [-0.25, -0.2) is 4.79 Å². The summed E-state index contributed by atoms with van der Waals surface area (Å²) in [5.41, 5.74) is 0. The molecule has 0 saturated heterocycles. The van der Waals surface area contributed by atoms with Gasteiger partial charge >= 0.3 is 5.97 Å². The Morgan fingerprint density at radius 1 is 0.727 bits per heavy atom. The first kappa shape index (κ1) is 25.2. The largest absolute Gasteiger partial charge is 1.00 e. The summed E-state index contributed by atoms with van der Waals surface area (Å²) in [6.45, 7) is -0.0479. The minimum atomic E-state index is -2.18. The maximum Gasteiger partial charge on any atom is 0.343 e. The van der Waals surface area contributed by atoms with Gasteiger partial charge in [-0.3, -0.25) is 0 Å². The fourth-order valence-corrected chi connectivity index (χ4v) is 9.35. The molecule has 0 unspecified atom stereocenters. The van der Waals surface area contributed by atoms with Crippen molar-refractivity contribution in [3.05, 3.63) is 102 Å². The van der Waals surface area contributed by atoms with E-state index in [9.17, 15) is 4.79 Å². The highest BCUT2D eigenvalue weighted by atomic mass is 79.9. The summed E-state index contributed by atoms with van der Waals surface area (Å²) >= 11 is 0. The molecule has 0 N–H and O–H groups in total. The van der Waals surface area contributed by atoms with Gasteiger partial charge in [-0.1, -0.05) is 61.0 Å². The van der Waals surface area contributed by atoms with Crippen LogP contribution in [0.25, 0.3) is 0 Å². The summed E-state index contributed by atoms with van der Waals surface area (Å²) in [6.07, 6.45) is 5.16. The van der Waals surface area contributed by atoms with Crippen LogP contribution in [0.4, 0.5) is 0 Å². The molecule has 3 aromatic rings. The maximum absolute atomic E-state index is 11.9. The third-order valence-electron chi connectivity index (χ3n) is 6.07. The van der Waals surface area contributed by atoms with E-state index in [0.717, 1.165) is 37.9 Å². The molecule has 0 amide bonds. The van der Waals surface area contributed by atoms with Crippen LogP contribution in [0.1, 0.15) is 32.1 Å². The number of esters is 1. The van der Waals surface area contributed by atoms with Gasteiger partial charge in [0.15, 0.2) is 6.61 Å². The van der Waals surface area contributed by atoms with Gasteiger partial charge in [0.25, 0.3) is 0 Å². The van der Waals surface area contributed by atoms with Crippen LogP contribution in [0.3, 0.4) is 0 Å². The van der Waals surface area contributed by atoms with Crippen LogP contribution < -0.4 is 32.9 Å². The predicted octanol–water partition coefficient (Wildman–Crippen LogP) is 2.35. The molecule has 0 saturated carbocycles. The normalized spacial score (nSPS) is 14.1. The number of carbonyl (C=O) groups is 1. The second kappa shape index (κ2) is 12.2. The number of benzene rings is 3. The van der Waals surface area contributed by atoms with E-state index >= 15 is 0 Å². The van der Waals surface area contributed by atoms with Gasteiger partial charge in [0.1, 0.15) is 34.2 Å². The van der Waals surface area contributed by atoms with E-state index < -0.39 is 7.26 Å². The summed E-state index contributed by atoms with van der Waals surface area (Å²) in [6, 6.07) is 32.5. The van der Waals surface area contributed by atoms with Gasteiger partial charge in [-0.15, -0.1) is 0 Å². The molecule has 0 bridgehead atoms. The highest BCUT2D eigenvalue weighted by Gasteiger charge is 2.51. The summed E-state index contributed by atoms with van der Waals surface area (Å²) in [4.78, 5) is 11.9. The standard InChI is InChI=1S/C28H30O3P.BrH/c1-30-28(29)22-31-26-20-12-5-13-21-27(26)32(23-14-6-2-7-15-23,24-16-8-3-9-17-24)25-18-10-4-11-19-25;/h2-4,6-11,14-19H,5,12-13,20-22H2,1H3;1H/q+1;/p-1. The van der Waals surface area contributed by atoms with Crippen molar-refractivity contribution in [1.29, 1.82) is 0 Å². The molecule has 0 aliphatic heterocycles. The van der Waals surface area contributed by atoms with E-state index in [4.69, 9.17) is 9.47 Å². The van der Waals surface area contributed by atoms with Crippen LogP contribution in [-0.2, 0) is 14.3 Å². The molecule has 1 aliphatic rings. The highest BCUT2D eigenvalue weighted by Crippen LogP contribution is 2.65. The first-order valence-corrected chi connectivity index (χ1v) is 13.0. The Hall–Kier alpha value is -2.42. The van der Waals surface area contributed by atoms with Crippen molar-refractivity contribution in [2.45, 2.75) is 32.1 Å². The maximum atomic E-state index is 11.9. The lowest BCUT2D eigenvalue weighted by Crippen LogP contribution is -3.00. The van der Waals surface area contributed by atoms with Gasteiger partial charge in [0, 0.05) is 12.8 Å². The van der Waals surface area contributed by atoms with Crippen molar-refractivity contribution in [2.75, 3.05) is 13.7 Å². The van der Waals surface area contributed by atoms with Gasteiger partial charge in [0.2, 0.25) is 0 Å². The lowest BCUT2D eigenvalue weighted by molar-refractivity contribution is -0.144. The molecule has 33 heavy (non-hydrogen) atoms. The number of hydrogen-bond donors (Lipinski definition) is 0. The Morgan fingerprint density at radius 3 is 1.64 bits per heavy atom. The summed E-state index contributed by atoms with van der Waals surface area (Å²) in [5.74, 6) is 0.627. The van der Waals surface area contributed by atoms with Crippen molar-refractivity contribution in [3.8, 4) is 0 Å². The predicted molar refractivity (Wildman–Crippen MR) is 133 cm³/mol. The minimum Gasteiger partial charge on any atom is -1.00 e. The first-order chi connectivity index (χ1) is 15.8. The molecule has 4 rings (SSSR count). The number of carbonyl (C=O) groups excluding carboxylic acids is 1. The Morgan fingerprint density at radius 2 is 1.18 bits per heavy atom. The highest BCUT2D eigenvalue weighted by molar-refractivity contribution is 7.99. The smallest absolute Gasteiger partial charge is 0.343 e. The number of allylic oxidation sites excluding steroid dienone is 2. The molecule has 0 radical (unpaired) electrons. The van der Waals surface area contributed by atoms with E-state index in [1.807, 2.05) is 0 Å². The average molecular weight is 525 g/mol. The van der Waals surface area contributed by atoms with E-state index in [0.29, 0.717) is 0 Å². The molecule has 0 aromatic heterocycles. The molecule has 0 fully saturated rings. The lowest BCUT2D eigenvalue weighted by Gasteiger charge is -2.30. The van der Waals surface area contributed by atoms with Crippen LogP contribution in [-0.4, -0.2) is 19.7 Å². The van der Waals surface area contributed by atoms with E-state index in [1.54, 1.807) is 0 Å². The quantitative estimate of drug-likeness (QED) is 0.351. The molecule has 0 spiro atoms. The number of hydrogen-bond acceptors (Lipinski definition) is 3.